The number of hydrogen-bond acceptors (Lipinski definition) is 5. The lowest BCUT2D eigenvalue weighted by Gasteiger charge is -2.33. The lowest BCUT2D eigenvalue weighted by atomic mass is 9.92. The van der Waals surface area contributed by atoms with Gasteiger partial charge in [-0.05, 0) is 70.5 Å². The first kappa shape index (κ1) is 25.8. The number of carbonyl (C=O) groups is 3. The molecule has 2 saturated heterocycles. The second-order valence-electron chi connectivity index (χ2n) is 8.98. The van der Waals surface area contributed by atoms with Crippen LogP contribution in [0, 0.1) is 11.8 Å². The van der Waals surface area contributed by atoms with Gasteiger partial charge in [0.15, 0.2) is 0 Å². The Hall–Kier alpha value is -2.48. The van der Waals surface area contributed by atoms with Gasteiger partial charge >= 0.3 is 5.97 Å². The fraction of sp³-hybridized carbons (Fsp3) is 0.667. The Kier molecular flexibility index (Phi) is 10.6. The molecule has 3 N–H and O–H groups in total. The van der Waals surface area contributed by atoms with Gasteiger partial charge in [0.1, 0.15) is 0 Å². The third-order valence-electron chi connectivity index (χ3n) is 6.18. The Morgan fingerprint density at radius 1 is 1.25 bits per heavy atom. The molecule has 0 aromatic rings. The highest BCUT2D eigenvalue weighted by Gasteiger charge is 2.30. The van der Waals surface area contributed by atoms with Crippen LogP contribution in [0.3, 0.4) is 0 Å². The molecule has 0 bridgehead atoms. The van der Waals surface area contributed by atoms with Gasteiger partial charge in [-0.1, -0.05) is 12.7 Å². The Labute approximate surface area is 191 Å². The number of amides is 2. The molecule has 0 aliphatic carbocycles. The minimum atomic E-state index is -1.02. The van der Waals surface area contributed by atoms with E-state index in [9.17, 15) is 19.5 Å². The van der Waals surface area contributed by atoms with Crippen molar-refractivity contribution in [2.45, 2.75) is 64.8 Å². The number of carboxylic acids is 1. The number of aliphatic imine (C=N–C) groups is 1. The molecular formula is C24H38N4O4. The van der Waals surface area contributed by atoms with E-state index in [1.54, 1.807) is 11.1 Å². The van der Waals surface area contributed by atoms with Crippen LogP contribution in [0.2, 0.25) is 0 Å². The van der Waals surface area contributed by atoms with Crippen molar-refractivity contribution in [2.75, 3.05) is 26.2 Å². The van der Waals surface area contributed by atoms with E-state index in [-0.39, 0.29) is 24.2 Å². The van der Waals surface area contributed by atoms with Crippen LogP contribution in [0.5, 0.6) is 0 Å². The fourth-order valence-corrected chi connectivity index (χ4v) is 4.28. The molecule has 2 fully saturated rings. The summed E-state index contributed by atoms with van der Waals surface area (Å²) in [4.78, 5) is 43.1. The molecule has 0 saturated carbocycles. The third-order valence-corrected chi connectivity index (χ3v) is 6.18. The van der Waals surface area contributed by atoms with E-state index in [0.717, 1.165) is 44.5 Å². The van der Waals surface area contributed by atoms with E-state index in [1.807, 2.05) is 13.8 Å². The summed E-state index contributed by atoms with van der Waals surface area (Å²) in [5, 5.41) is 15.5. The molecule has 2 aliphatic heterocycles. The maximum absolute atomic E-state index is 13.0. The van der Waals surface area contributed by atoms with Crippen molar-refractivity contribution in [3.8, 4) is 0 Å². The van der Waals surface area contributed by atoms with E-state index >= 15 is 0 Å². The summed E-state index contributed by atoms with van der Waals surface area (Å²) < 4.78 is 0. The van der Waals surface area contributed by atoms with Crippen molar-refractivity contribution in [1.82, 2.24) is 15.5 Å². The minimum absolute atomic E-state index is 0.113. The molecular weight excluding hydrogens is 408 g/mol. The lowest BCUT2D eigenvalue weighted by molar-refractivity contribution is -0.137. The quantitative estimate of drug-likeness (QED) is 0.353. The molecule has 0 aromatic carbocycles. The van der Waals surface area contributed by atoms with Gasteiger partial charge in [-0.2, -0.15) is 0 Å². The molecule has 2 heterocycles. The molecule has 8 heteroatoms. The normalized spacial score (nSPS) is 20.9. The predicted octanol–water partition coefficient (Wildman–Crippen LogP) is 2.52. The Morgan fingerprint density at radius 2 is 1.97 bits per heavy atom. The van der Waals surface area contributed by atoms with E-state index in [0.29, 0.717) is 37.4 Å². The maximum Gasteiger partial charge on any atom is 0.305 e. The van der Waals surface area contributed by atoms with Crippen LogP contribution < -0.4 is 10.6 Å². The molecule has 8 nitrogen and oxygen atoms in total. The zero-order valence-electron chi connectivity index (χ0n) is 19.4. The van der Waals surface area contributed by atoms with Gasteiger partial charge in [-0.15, -0.1) is 0 Å². The van der Waals surface area contributed by atoms with E-state index < -0.39 is 12.0 Å². The molecule has 178 valence electrons. The van der Waals surface area contributed by atoms with Crippen LogP contribution in [0.15, 0.2) is 29.4 Å². The van der Waals surface area contributed by atoms with Gasteiger partial charge in [-0.3, -0.25) is 19.4 Å². The van der Waals surface area contributed by atoms with Gasteiger partial charge in [0, 0.05) is 31.4 Å². The second-order valence-corrected chi connectivity index (χ2v) is 8.98. The third kappa shape index (κ3) is 8.57. The van der Waals surface area contributed by atoms with Crippen LogP contribution >= 0.6 is 0 Å². The highest BCUT2D eigenvalue weighted by molar-refractivity contribution is 5.83. The van der Waals surface area contributed by atoms with Crippen LogP contribution in [0.4, 0.5) is 0 Å². The monoisotopic (exact) mass is 446 g/mol. The van der Waals surface area contributed by atoms with Crippen LogP contribution in [-0.4, -0.2) is 65.7 Å². The number of likely N-dealkylation sites (tertiary alicyclic amines) is 1. The highest BCUT2D eigenvalue weighted by Crippen LogP contribution is 2.22. The standard InChI is InChI=1S/C24H38N4O4/c1-4-19(15-26-17(2)3)21(14-23(30)31)27-24(32)20-6-5-13-28(16-20)22(29)8-7-18-9-11-25-12-10-18/h4,15,18,20-21,25H,1,5-14,16H2,2-3H3,(H,27,32)(H,30,31)/b19-15+. The first-order valence-electron chi connectivity index (χ1n) is 11.6. The van der Waals surface area contributed by atoms with Gasteiger partial charge in [0.25, 0.3) is 0 Å². The van der Waals surface area contributed by atoms with Crippen molar-refractivity contribution in [1.29, 1.82) is 0 Å². The summed E-state index contributed by atoms with van der Waals surface area (Å²) in [6, 6.07) is -0.716. The first-order chi connectivity index (χ1) is 15.3. The van der Waals surface area contributed by atoms with E-state index in [2.05, 4.69) is 22.2 Å². The van der Waals surface area contributed by atoms with Gasteiger partial charge < -0.3 is 20.6 Å². The van der Waals surface area contributed by atoms with Crippen LogP contribution in [-0.2, 0) is 14.4 Å². The highest BCUT2D eigenvalue weighted by atomic mass is 16.4. The number of aliphatic carboxylic acids is 1. The number of carbonyl (C=O) groups excluding carboxylic acids is 2. The van der Waals surface area contributed by atoms with Crippen molar-refractivity contribution in [3.63, 3.8) is 0 Å². The summed E-state index contributed by atoms with van der Waals surface area (Å²) in [5.41, 5.74) is 1.36. The average Bonchev–Trinajstić information content (AvgIpc) is 2.78. The van der Waals surface area contributed by atoms with Crippen molar-refractivity contribution in [3.05, 3.63) is 24.4 Å². The average molecular weight is 447 g/mol. The molecule has 2 amide bonds. The summed E-state index contributed by atoms with van der Waals surface area (Å²) in [6.07, 6.45) is 7.93. The van der Waals surface area contributed by atoms with Crippen molar-refractivity contribution in [2.24, 2.45) is 16.8 Å². The number of rotatable bonds is 10. The molecule has 2 unspecified atom stereocenters. The van der Waals surface area contributed by atoms with Crippen molar-refractivity contribution < 1.29 is 19.5 Å². The van der Waals surface area contributed by atoms with Gasteiger partial charge in [-0.25, -0.2) is 0 Å². The number of piperidine rings is 2. The first-order valence-corrected chi connectivity index (χ1v) is 11.6. The fourth-order valence-electron chi connectivity index (χ4n) is 4.28. The molecule has 2 rings (SSSR count). The molecule has 0 aromatic heterocycles. The second kappa shape index (κ2) is 13.2. The molecule has 32 heavy (non-hydrogen) atoms. The predicted molar refractivity (Wildman–Crippen MR) is 125 cm³/mol. The molecule has 2 atom stereocenters. The largest absolute Gasteiger partial charge is 0.481 e. The minimum Gasteiger partial charge on any atom is -0.481 e. The molecule has 0 spiro atoms. The Bertz CT molecular complexity index is 736. The number of nitrogens with zero attached hydrogens (tertiary/aromatic N) is 2. The van der Waals surface area contributed by atoms with Crippen molar-refractivity contribution >= 4 is 23.5 Å². The van der Waals surface area contributed by atoms with E-state index in [1.165, 1.54) is 6.08 Å². The molecule has 2 aliphatic rings. The Balaban J connectivity index is 1.96. The zero-order valence-corrected chi connectivity index (χ0v) is 19.4. The van der Waals surface area contributed by atoms with Gasteiger partial charge in [0.2, 0.25) is 11.8 Å². The summed E-state index contributed by atoms with van der Waals surface area (Å²) in [5.74, 6) is -0.872. The summed E-state index contributed by atoms with van der Waals surface area (Å²) >= 11 is 0. The number of nitrogens with one attached hydrogen (secondary N) is 2. The topological polar surface area (TPSA) is 111 Å². The van der Waals surface area contributed by atoms with Crippen LogP contribution in [0.25, 0.3) is 0 Å². The lowest BCUT2D eigenvalue weighted by Crippen LogP contribution is -2.48. The summed E-state index contributed by atoms with van der Waals surface area (Å²) in [7, 11) is 0. The zero-order chi connectivity index (χ0) is 23.5. The van der Waals surface area contributed by atoms with E-state index in [4.69, 9.17) is 0 Å². The van der Waals surface area contributed by atoms with Crippen LogP contribution in [0.1, 0.15) is 58.8 Å². The summed E-state index contributed by atoms with van der Waals surface area (Å²) in [6.45, 7) is 10.5. The Morgan fingerprint density at radius 3 is 2.59 bits per heavy atom. The smallest absolute Gasteiger partial charge is 0.305 e. The SMILES string of the molecule is C=C/C(=C\N=C(C)C)C(CC(=O)O)NC(=O)C1CCCN(C(=O)CCC2CCNCC2)C1. The number of carboxylic acid groups (broad SMARTS) is 1. The molecule has 0 radical (unpaired) electrons. The number of hydrogen-bond donors (Lipinski definition) is 3. The van der Waals surface area contributed by atoms with Gasteiger partial charge in [0.05, 0.1) is 18.4 Å². The maximum atomic E-state index is 13.0.